The second kappa shape index (κ2) is 10.0. The van der Waals surface area contributed by atoms with Crippen LogP contribution in [0.1, 0.15) is 0 Å². The van der Waals surface area contributed by atoms with Crippen LogP contribution in [0.15, 0.2) is 12.1 Å². The first-order valence-electron chi connectivity index (χ1n) is 6.80. The second-order valence-corrected chi connectivity index (χ2v) is 5.12. The fraction of sp³-hybridized carbons (Fsp3) is 0.571. The maximum atomic E-state index is 14.1. The Kier molecular flexibility index (Phi) is 9.67. The zero-order valence-corrected chi connectivity index (χ0v) is 14.4. The molecule has 0 radical (unpaired) electrons. The monoisotopic (exact) mass is 357 g/mol. The van der Waals surface area contributed by atoms with Crippen molar-refractivity contribution in [3.05, 3.63) is 23.8 Å². The van der Waals surface area contributed by atoms with E-state index >= 15 is 0 Å². The Morgan fingerprint density at radius 3 is 2.18 bits per heavy atom. The van der Waals surface area contributed by atoms with Gasteiger partial charge in [0.15, 0.2) is 11.6 Å². The molecule has 1 N–H and O–H groups in total. The molecule has 22 heavy (non-hydrogen) atoms. The third-order valence-corrected chi connectivity index (χ3v) is 3.23. The predicted octanol–water partition coefficient (Wildman–Crippen LogP) is 2.16. The van der Waals surface area contributed by atoms with Crippen molar-refractivity contribution in [1.82, 2.24) is 10.2 Å². The standard InChI is InChI=1S/C14H21F2N3O.2ClH/c1-18(2)7-8-20-11-9-12(15)14(13(16)10-11)19-5-3-17-4-6-19;;/h9-10,17H,3-8H2,1-2H3;2*1H. The highest BCUT2D eigenvalue weighted by Gasteiger charge is 2.20. The second-order valence-electron chi connectivity index (χ2n) is 5.12. The molecule has 0 aliphatic carbocycles. The summed E-state index contributed by atoms with van der Waals surface area (Å²) in [6.07, 6.45) is 0. The maximum absolute atomic E-state index is 14.1. The van der Waals surface area contributed by atoms with E-state index < -0.39 is 11.6 Å². The molecule has 1 saturated heterocycles. The summed E-state index contributed by atoms with van der Waals surface area (Å²) in [7, 11) is 3.83. The van der Waals surface area contributed by atoms with Crippen LogP contribution in [0, 0.1) is 11.6 Å². The number of likely N-dealkylation sites (N-methyl/N-ethyl adjacent to an activating group) is 1. The van der Waals surface area contributed by atoms with E-state index in [-0.39, 0.29) is 36.3 Å². The summed E-state index contributed by atoms with van der Waals surface area (Å²) < 4.78 is 33.5. The van der Waals surface area contributed by atoms with Crippen LogP contribution >= 0.6 is 24.8 Å². The molecule has 1 aliphatic heterocycles. The Labute approximate surface area is 142 Å². The fourth-order valence-corrected chi connectivity index (χ4v) is 2.16. The molecule has 8 heteroatoms. The predicted molar refractivity (Wildman–Crippen MR) is 90.0 cm³/mol. The average Bonchev–Trinajstić information content (AvgIpc) is 2.38. The molecule has 0 saturated carbocycles. The third kappa shape index (κ3) is 5.76. The number of ether oxygens (including phenoxy) is 1. The van der Waals surface area contributed by atoms with E-state index in [0.717, 1.165) is 13.1 Å². The van der Waals surface area contributed by atoms with Crippen molar-refractivity contribution in [2.24, 2.45) is 0 Å². The van der Waals surface area contributed by atoms with Crippen LogP contribution in [0.3, 0.4) is 0 Å². The van der Waals surface area contributed by atoms with Crippen LogP contribution in [-0.2, 0) is 0 Å². The molecule has 1 aromatic rings. The topological polar surface area (TPSA) is 27.7 Å². The lowest BCUT2D eigenvalue weighted by molar-refractivity contribution is 0.259. The van der Waals surface area contributed by atoms with E-state index in [9.17, 15) is 8.78 Å². The molecule has 0 spiro atoms. The Balaban J connectivity index is 0.00000220. The minimum atomic E-state index is -0.563. The minimum absolute atomic E-state index is 0. The Bertz CT molecular complexity index is 435. The molecule has 0 aromatic heterocycles. The molecule has 2 rings (SSSR count). The highest BCUT2D eigenvalue weighted by molar-refractivity contribution is 5.85. The molecular formula is C14H23Cl2F2N3O. The number of piperazine rings is 1. The van der Waals surface area contributed by atoms with Crippen molar-refractivity contribution in [1.29, 1.82) is 0 Å². The molecule has 4 nitrogen and oxygen atoms in total. The van der Waals surface area contributed by atoms with Crippen LogP contribution in [0.5, 0.6) is 5.75 Å². The summed E-state index contributed by atoms with van der Waals surface area (Å²) in [5.74, 6) is -0.890. The lowest BCUT2D eigenvalue weighted by Gasteiger charge is -2.30. The Hall–Kier alpha value is -0.820. The molecule has 1 fully saturated rings. The smallest absolute Gasteiger partial charge is 0.153 e. The molecule has 0 amide bonds. The van der Waals surface area contributed by atoms with Gasteiger partial charge in [-0.2, -0.15) is 0 Å². The number of hydrogen-bond donors (Lipinski definition) is 1. The van der Waals surface area contributed by atoms with E-state index in [0.29, 0.717) is 26.2 Å². The van der Waals surface area contributed by atoms with Gasteiger partial charge in [-0.15, -0.1) is 24.8 Å². The van der Waals surface area contributed by atoms with Gasteiger partial charge in [0, 0.05) is 44.9 Å². The number of nitrogens with zero attached hydrogens (tertiary/aromatic N) is 2. The SMILES string of the molecule is CN(C)CCOc1cc(F)c(N2CCNCC2)c(F)c1.Cl.Cl. The zero-order chi connectivity index (χ0) is 14.5. The van der Waals surface area contributed by atoms with Crippen LogP contribution in [0.2, 0.25) is 0 Å². The van der Waals surface area contributed by atoms with Gasteiger partial charge >= 0.3 is 0 Å². The van der Waals surface area contributed by atoms with Gasteiger partial charge in [0.25, 0.3) is 0 Å². The van der Waals surface area contributed by atoms with Crippen molar-refractivity contribution >= 4 is 30.5 Å². The first kappa shape index (κ1) is 21.2. The van der Waals surface area contributed by atoms with Gasteiger partial charge in [-0.3, -0.25) is 0 Å². The van der Waals surface area contributed by atoms with Gasteiger partial charge in [0.1, 0.15) is 18.0 Å². The molecule has 1 aliphatic rings. The molecule has 0 bridgehead atoms. The minimum Gasteiger partial charge on any atom is -0.492 e. The first-order valence-corrected chi connectivity index (χ1v) is 6.80. The maximum Gasteiger partial charge on any atom is 0.153 e. The summed E-state index contributed by atoms with van der Waals surface area (Å²) in [5, 5.41) is 3.16. The normalized spacial score (nSPS) is 14.3. The lowest BCUT2D eigenvalue weighted by Crippen LogP contribution is -2.44. The van der Waals surface area contributed by atoms with E-state index in [1.807, 2.05) is 19.0 Å². The van der Waals surface area contributed by atoms with Gasteiger partial charge in [-0.05, 0) is 14.1 Å². The van der Waals surface area contributed by atoms with Crippen LogP contribution in [0.4, 0.5) is 14.5 Å². The third-order valence-electron chi connectivity index (χ3n) is 3.23. The van der Waals surface area contributed by atoms with Gasteiger partial charge in [0.2, 0.25) is 0 Å². The average molecular weight is 358 g/mol. The summed E-state index contributed by atoms with van der Waals surface area (Å²) in [5.41, 5.74) is 0.0476. The highest BCUT2D eigenvalue weighted by atomic mass is 35.5. The van der Waals surface area contributed by atoms with Gasteiger partial charge in [-0.1, -0.05) is 0 Å². The van der Waals surface area contributed by atoms with Gasteiger partial charge in [0.05, 0.1) is 0 Å². The summed E-state index contributed by atoms with van der Waals surface area (Å²) in [6.45, 7) is 3.78. The Morgan fingerprint density at radius 2 is 1.68 bits per heavy atom. The number of rotatable bonds is 5. The number of anilines is 1. The summed E-state index contributed by atoms with van der Waals surface area (Å²) >= 11 is 0. The Morgan fingerprint density at radius 1 is 1.14 bits per heavy atom. The molecular weight excluding hydrogens is 335 g/mol. The van der Waals surface area contributed by atoms with Crippen LogP contribution < -0.4 is 15.0 Å². The molecule has 128 valence electrons. The first-order chi connectivity index (χ1) is 9.58. The number of halogens is 4. The quantitative estimate of drug-likeness (QED) is 0.873. The van der Waals surface area contributed by atoms with E-state index in [4.69, 9.17) is 4.74 Å². The fourth-order valence-electron chi connectivity index (χ4n) is 2.16. The van der Waals surface area contributed by atoms with Crippen LogP contribution in [-0.4, -0.2) is 58.3 Å². The van der Waals surface area contributed by atoms with E-state index in [1.165, 1.54) is 12.1 Å². The van der Waals surface area contributed by atoms with Gasteiger partial charge in [-0.25, -0.2) is 8.78 Å². The van der Waals surface area contributed by atoms with Crippen molar-refractivity contribution < 1.29 is 13.5 Å². The van der Waals surface area contributed by atoms with Crippen molar-refractivity contribution in [2.75, 3.05) is 58.3 Å². The molecule has 1 heterocycles. The number of hydrogen-bond acceptors (Lipinski definition) is 4. The highest BCUT2D eigenvalue weighted by Crippen LogP contribution is 2.28. The summed E-state index contributed by atoms with van der Waals surface area (Å²) in [4.78, 5) is 3.67. The molecule has 0 atom stereocenters. The molecule has 0 unspecified atom stereocenters. The largest absolute Gasteiger partial charge is 0.492 e. The van der Waals surface area contributed by atoms with E-state index in [2.05, 4.69) is 5.32 Å². The van der Waals surface area contributed by atoms with Crippen molar-refractivity contribution in [3.63, 3.8) is 0 Å². The number of nitrogens with one attached hydrogen (secondary N) is 1. The number of benzene rings is 1. The van der Waals surface area contributed by atoms with Crippen LogP contribution in [0.25, 0.3) is 0 Å². The van der Waals surface area contributed by atoms with Gasteiger partial charge < -0.3 is 19.9 Å². The zero-order valence-electron chi connectivity index (χ0n) is 12.8. The molecule has 1 aromatic carbocycles. The van der Waals surface area contributed by atoms with Crippen molar-refractivity contribution in [2.45, 2.75) is 0 Å². The van der Waals surface area contributed by atoms with E-state index in [1.54, 1.807) is 4.90 Å². The summed E-state index contributed by atoms with van der Waals surface area (Å²) in [6, 6.07) is 2.52. The lowest BCUT2D eigenvalue weighted by atomic mass is 10.2. The van der Waals surface area contributed by atoms with Crippen molar-refractivity contribution in [3.8, 4) is 5.75 Å².